The molecule has 26 heavy (non-hydrogen) atoms. The molecule has 6 heteroatoms. The Labute approximate surface area is 151 Å². The zero-order valence-corrected chi connectivity index (χ0v) is 14.6. The molecule has 1 aliphatic heterocycles. The van der Waals surface area contributed by atoms with E-state index in [1.165, 1.54) is 6.20 Å². The molecule has 3 aromatic rings. The maximum Gasteiger partial charge on any atom is 0.253 e. The summed E-state index contributed by atoms with van der Waals surface area (Å²) in [6, 6.07) is 9.35. The number of nitrogens with zero attached hydrogens (tertiary/aromatic N) is 2. The van der Waals surface area contributed by atoms with Crippen molar-refractivity contribution < 1.29 is 9.18 Å². The summed E-state index contributed by atoms with van der Waals surface area (Å²) in [6.45, 7) is 1.26. The first-order chi connectivity index (χ1) is 12.7. The number of fused-ring (bicyclic) bond motifs is 1. The number of H-pyrrole nitrogens is 1. The molecule has 2 N–H and O–H groups in total. The van der Waals surface area contributed by atoms with Gasteiger partial charge in [-0.05, 0) is 49.1 Å². The van der Waals surface area contributed by atoms with Crippen LogP contribution in [0.4, 0.5) is 10.1 Å². The average Bonchev–Trinajstić information content (AvgIpc) is 3.16. The maximum absolute atomic E-state index is 14.4. The number of hydrogen-bond donors (Lipinski definition) is 2. The molecule has 1 aromatic carbocycles. The standard InChI is InChI=1S/C20H21FN4O/c1-22-15-4-2-14(3-5-15)20(26)25-10-7-13(8-11-25)18-16-6-9-23-19(16)24-12-17(18)21/h2-6,9,12-13,22H,7-8,10-11H2,1H3,(H,23,24). The highest BCUT2D eigenvalue weighted by Gasteiger charge is 2.27. The van der Waals surface area contributed by atoms with Gasteiger partial charge in [0.1, 0.15) is 11.5 Å². The van der Waals surface area contributed by atoms with Gasteiger partial charge in [-0.1, -0.05) is 0 Å². The number of aromatic amines is 1. The smallest absolute Gasteiger partial charge is 0.253 e. The van der Waals surface area contributed by atoms with E-state index in [4.69, 9.17) is 0 Å². The van der Waals surface area contributed by atoms with E-state index < -0.39 is 0 Å². The van der Waals surface area contributed by atoms with E-state index in [0.29, 0.717) is 24.3 Å². The lowest BCUT2D eigenvalue weighted by Crippen LogP contribution is -2.38. The Morgan fingerprint density at radius 2 is 1.96 bits per heavy atom. The topological polar surface area (TPSA) is 61.0 Å². The average molecular weight is 352 g/mol. The van der Waals surface area contributed by atoms with E-state index in [1.54, 1.807) is 6.20 Å². The second kappa shape index (κ2) is 6.78. The lowest BCUT2D eigenvalue weighted by molar-refractivity contribution is 0.0712. The van der Waals surface area contributed by atoms with Crippen LogP contribution in [0.3, 0.4) is 0 Å². The third-order valence-electron chi connectivity index (χ3n) is 5.19. The van der Waals surface area contributed by atoms with Gasteiger partial charge in [-0.3, -0.25) is 4.79 Å². The number of amides is 1. The molecule has 0 atom stereocenters. The summed E-state index contributed by atoms with van der Waals surface area (Å²) in [6.07, 6.45) is 4.58. The van der Waals surface area contributed by atoms with E-state index in [1.807, 2.05) is 42.3 Å². The fourth-order valence-electron chi connectivity index (χ4n) is 3.75. The van der Waals surface area contributed by atoms with Crippen LogP contribution < -0.4 is 5.32 Å². The summed E-state index contributed by atoms with van der Waals surface area (Å²) in [5.74, 6) is -0.121. The summed E-state index contributed by atoms with van der Waals surface area (Å²) < 4.78 is 14.4. The number of anilines is 1. The lowest BCUT2D eigenvalue weighted by Gasteiger charge is -2.32. The Kier molecular flexibility index (Phi) is 4.32. The van der Waals surface area contributed by atoms with Crippen LogP contribution in [0.25, 0.3) is 11.0 Å². The Hall–Kier alpha value is -2.89. The molecule has 0 aliphatic carbocycles. The van der Waals surface area contributed by atoms with Crippen molar-refractivity contribution in [3.63, 3.8) is 0 Å². The van der Waals surface area contributed by atoms with Gasteiger partial charge in [0.2, 0.25) is 0 Å². The van der Waals surface area contributed by atoms with Crippen molar-refractivity contribution >= 4 is 22.6 Å². The molecular formula is C20H21FN4O. The molecule has 3 heterocycles. The van der Waals surface area contributed by atoms with E-state index in [0.717, 1.165) is 29.5 Å². The van der Waals surface area contributed by atoms with Gasteiger partial charge in [0, 0.05) is 48.5 Å². The Morgan fingerprint density at radius 3 is 2.65 bits per heavy atom. The number of hydrogen-bond acceptors (Lipinski definition) is 3. The van der Waals surface area contributed by atoms with Gasteiger partial charge in [-0.2, -0.15) is 0 Å². The normalized spacial score (nSPS) is 15.4. The molecule has 0 radical (unpaired) electrons. The van der Waals surface area contributed by atoms with Crippen molar-refractivity contribution in [1.29, 1.82) is 0 Å². The summed E-state index contributed by atoms with van der Waals surface area (Å²) in [4.78, 5) is 21.7. The SMILES string of the molecule is CNc1ccc(C(=O)N2CCC(c3c(F)cnc4[nH]ccc34)CC2)cc1. The van der Waals surface area contributed by atoms with Crippen molar-refractivity contribution in [2.24, 2.45) is 0 Å². The number of aromatic nitrogens is 2. The number of halogens is 1. The Balaban J connectivity index is 1.49. The molecule has 134 valence electrons. The lowest BCUT2D eigenvalue weighted by atomic mass is 9.87. The van der Waals surface area contributed by atoms with Crippen molar-refractivity contribution in [3.8, 4) is 0 Å². The van der Waals surface area contributed by atoms with Gasteiger partial charge in [0.25, 0.3) is 5.91 Å². The van der Waals surface area contributed by atoms with Gasteiger partial charge in [0.15, 0.2) is 0 Å². The predicted molar refractivity (Wildman–Crippen MR) is 99.9 cm³/mol. The van der Waals surface area contributed by atoms with Crippen LogP contribution in [0, 0.1) is 5.82 Å². The molecule has 0 unspecified atom stereocenters. The Morgan fingerprint density at radius 1 is 1.23 bits per heavy atom. The fraction of sp³-hybridized carbons (Fsp3) is 0.300. The number of rotatable bonds is 3. The maximum atomic E-state index is 14.4. The van der Waals surface area contributed by atoms with E-state index in [-0.39, 0.29) is 17.6 Å². The highest BCUT2D eigenvalue weighted by Crippen LogP contribution is 2.34. The number of nitrogens with one attached hydrogen (secondary N) is 2. The molecule has 2 aromatic heterocycles. The minimum Gasteiger partial charge on any atom is -0.388 e. The van der Waals surface area contributed by atoms with Crippen LogP contribution >= 0.6 is 0 Å². The van der Waals surface area contributed by atoms with Crippen LogP contribution in [0.5, 0.6) is 0 Å². The van der Waals surface area contributed by atoms with Gasteiger partial charge in [0.05, 0.1) is 6.20 Å². The molecule has 0 bridgehead atoms. The molecule has 5 nitrogen and oxygen atoms in total. The highest BCUT2D eigenvalue weighted by atomic mass is 19.1. The third-order valence-corrected chi connectivity index (χ3v) is 5.19. The summed E-state index contributed by atoms with van der Waals surface area (Å²) in [5, 5.41) is 3.89. The molecule has 1 saturated heterocycles. The molecule has 0 spiro atoms. The van der Waals surface area contributed by atoms with Crippen molar-refractivity contribution in [1.82, 2.24) is 14.9 Å². The number of carbonyl (C=O) groups is 1. The minimum atomic E-state index is -0.260. The van der Waals surface area contributed by atoms with Crippen molar-refractivity contribution in [2.75, 3.05) is 25.5 Å². The summed E-state index contributed by atoms with van der Waals surface area (Å²) in [5.41, 5.74) is 3.10. The van der Waals surface area contributed by atoms with Crippen LogP contribution in [-0.4, -0.2) is 40.9 Å². The molecule has 0 saturated carbocycles. The van der Waals surface area contributed by atoms with Gasteiger partial charge in [-0.25, -0.2) is 9.37 Å². The summed E-state index contributed by atoms with van der Waals surface area (Å²) >= 11 is 0. The van der Waals surface area contributed by atoms with Gasteiger partial charge >= 0.3 is 0 Å². The predicted octanol–water partition coefficient (Wildman–Crippen LogP) is 3.76. The molecular weight excluding hydrogens is 331 g/mol. The second-order valence-electron chi connectivity index (χ2n) is 6.65. The zero-order chi connectivity index (χ0) is 18.1. The number of likely N-dealkylation sites (tertiary alicyclic amines) is 1. The molecule has 4 rings (SSSR count). The van der Waals surface area contributed by atoms with Crippen LogP contribution in [0.2, 0.25) is 0 Å². The first-order valence-corrected chi connectivity index (χ1v) is 8.86. The first-order valence-electron chi connectivity index (χ1n) is 8.86. The molecule has 1 amide bonds. The molecule has 1 fully saturated rings. The number of pyridine rings is 1. The van der Waals surface area contributed by atoms with Crippen LogP contribution in [-0.2, 0) is 0 Å². The van der Waals surface area contributed by atoms with Crippen LogP contribution in [0.1, 0.15) is 34.7 Å². The van der Waals surface area contributed by atoms with Crippen molar-refractivity contribution in [2.45, 2.75) is 18.8 Å². The number of piperidine rings is 1. The number of benzene rings is 1. The largest absolute Gasteiger partial charge is 0.388 e. The van der Waals surface area contributed by atoms with E-state index in [9.17, 15) is 9.18 Å². The zero-order valence-electron chi connectivity index (χ0n) is 14.6. The quantitative estimate of drug-likeness (QED) is 0.754. The van der Waals surface area contributed by atoms with Gasteiger partial charge in [-0.15, -0.1) is 0 Å². The highest BCUT2D eigenvalue weighted by molar-refractivity contribution is 5.94. The Bertz CT molecular complexity index is 927. The van der Waals surface area contributed by atoms with Crippen molar-refractivity contribution in [3.05, 3.63) is 59.7 Å². The number of carbonyl (C=O) groups excluding carboxylic acids is 1. The third kappa shape index (κ3) is 2.92. The first kappa shape index (κ1) is 16.6. The second-order valence-corrected chi connectivity index (χ2v) is 6.65. The summed E-state index contributed by atoms with van der Waals surface area (Å²) in [7, 11) is 1.85. The minimum absolute atomic E-state index is 0.0353. The monoisotopic (exact) mass is 352 g/mol. The molecule has 1 aliphatic rings. The van der Waals surface area contributed by atoms with E-state index >= 15 is 0 Å². The van der Waals surface area contributed by atoms with E-state index in [2.05, 4.69) is 15.3 Å². The van der Waals surface area contributed by atoms with Gasteiger partial charge < -0.3 is 15.2 Å². The fourth-order valence-corrected chi connectivity index (χ4v) is 3.75. The van der Waals surface area contributed by atoms with Crippen LogP contribution in [0.15, 0.2) is 42.7 Å².